The van der Waals surface area contributed by atoms with Crippen molar-refractivity contribution in [2.24, 2.45) is 0 Å². The molecule has 4 heteroatoms. The molecule has 1 amide bonds. The first kappa shape index (κ1) is 18.4. The molecule has 0 aliphatic heterocycles. The molecule has 0 bridgehead atoms. The van der Waals surface area contributed by atoms with Crippen LogP contribution in [0.2, 0.25) is 0 Å². The van der Waals surface area contributed by atoms with Gasteiger partial charge in [-0.3, -0.25) is 4.79 Å². The van der Waals surface area contributed by atoms with Crippen LogP contribution >= 0.6 is 11.8 Å². The van der Waals surface area contributed by atoms with Crippen molar-refractivity contribution >= 4 is 23.4 Å². The average Bonchev–Trinajstić information content (AvgIpc) is 2.62. The minimum Gasteiger partial charge on any atom is -0.497 e. The quantitative estimate of drug-likeness (QED) is 0.690. The van der Waals surface area contributed by atoms with Crippen molar-refractivity contribution in [1.29, 1.82) is 0 Å². The Labute approximate surface area is 148 Å². The highest BCUT2D eigenvalue weighted by Crippen LogP contribution is 2.24. The molecular formula is C20H25NO2S. The maximum absolute atomic E-state index is 12.3. The average molecular weight is 343 g/mol. The van der Waals surface area contributed by atoms with Gasteiger partial charge in [-0.2, -0.15) is 0 Å². The first-order valence-corrected chi connectivity index (χ1v) is 9.34. The van der Waals surface area contributed by atoms with Crippen LogP contribution in [-0.4, -0.2) is 18.8 Å². The summed E-state index contributed by atoms with van der Waals surface area (Å²) in [5, 5.41) is 3.11. The second-order valence-electron chi connectivity index (χ2n) is 5.48. The molecule has 3 nitrogen and oxygen atoms in total. The molecule has 2 aromatic rings. The van der Waals surface area contributed by atoms with Crippen molar-refractivity contribution in [2.45, 2.75) is 38.0 Å². The molecule has 0 aromatic heterocycles. The molecule has 0 aliphatic carbocycles. The van der Waals surface area contributed by atoms with E-state index in [9.17, 15) is 4.79 Å². The number of para-hydroxylation sites is 1. The smallest absolute Gasteiger partial charge is 0.225 e. The van der Waals surface area contributed by atoms with Crippen molar-refractivity contribution in [1.82, 2.24) is 0 Å². The largest absolute Gasteiger partial charge is 0.497 e. The lowest BCUT2D eigenvalue weighted by atomic mass is 10.0. The lowest BCUT2D eigenvalue weighted by Gasteiger charge is -2.14. The summed E-state index contributed by atoms with van der Waals surface area (Å²) in [6, 6.07) is 14.1. The number of rotatable bonds is 8. The molecule has 128 valence electrons. The van der Waals surface area contributed by atoms with E-state index in [1.165, 1.54) is 11.1 Å². The summed E-state index contributed by atoms with van der Waals surface area (Å²) in [7, 11) is 1.66. The number of methoxy groups -OCH3 is 1. The predicted octanol–water partition coefficient (Wildman–Crippen LogP) is 4.94. The number of nitrogens with one attached hydrogen (secondary N) is 1. The number of anilines is 1. The number of hydrogen-bond acceptors (Lipinski definition) is 3. The first-order chi connectivity index (χ1) is 11.7. The molecule has 0 fully saturated rings. The fraction of sp³-hybridized carbons (Fsp3) is 0.350. The lowest BCUT2D eigenvalue weighted by molar-refractivity contribution is -0.115. The lowest BCUT2D eigenvalue weighted by Crippen LogP contribution is -2.15. The van der Waals surface area contributed by atoms with Gasteiger partial charge in [-0.05, 0) is 48.2 Å². The molecule has 24 heavy (non-hydrogen) atoms. The number of carbonyl (C=O) groups excluding carboxylic acids is 1. The fourth-order valence-electron chi connectivity index (χ4n) is 2.54. The van der Waals surface area contributed by atoms with E-state index >= 15 is 0 Å². The highest BCUT2D eigenvalue weighted by molar-refractivity contribution is 7.99. The van der Waals surface area contributed by atoms with Gasteiger partial charge in [0.05, 0.1) is 7.11 Å². The standard InChI is InChI=1S/C20H25NO2S/c1-4-15-7-6-8-16(5-2)20(15)21-19(22)13-14-24-18-11-9-17(23-3)10-12-18/h6-12H,4-5,13-14H2,1-3H3,(H,21,22). The number of ether oxygens (including phenoxy) is 1. The molecule has 0 saturated carbocycles. The van der Waals surface area contributed by atoms with E-state index in [0.29, 0.717) is 6.42 Å². The van der Waals surface area contributed by atoms with Crippen LogP contribution < -0.4 is 10.1 Å². The third-order valence-corrected chi connectivity index (χ3v) is 4.93. The number of thioether (sulfide) groups is 1. The fourth-order valence-corrected chi connectivity index (χ4v) is 3.39. The number of carbonyl (C=O) groups is 1. The van der Waals surface area contributed by atoms with Crippen LogP contribution in [0.15, 0.2) is 47.4 Å². The van der Waals surface area contributed by atoms with Crippen LogP contribution in [-0.2, 0) is 17.6 Å². The van der Waals surface area contributed by atoms with Crippen LogP contribution in [0, 0.1) is 0 Å². The Balaban J connectivity index is 1.89. The van der Waals surface area contributed by atoms with E-state index in [1.807, 2.05) is 24.3 Å². The van der Waals surface area contributed by atoms with Gasteiger partial charge in [0.2, 0.25) is 5.91 Å². The minimum absolute atomic E-state index is 0.0756. The van der Waals surface area contributed by atoms with Gasteiger partial charge in [0.1, 0.15) is 5.75 Å². The maximum Gasteiger partial charge on any atom is 0.225 e. The van der Waals surface area contributed by atoms with Gasteiger partial charge in [0.15, 0.2) is 0 Å². The van der Waals surface area contributed by atoms with Crippen LogP contribution in [0.4, 0.5) is 5.69 Å². The zero-order valence-electron chi connectivity index (χ0n) is 14.6. The molecule has 0 heterocycles. The van der Waals surface area contributed by atoms with Gasteiger partial charge in [-0.25, -0.2) is 0 Å². The predicted molar refractivity (Wildman–Crippen MR) is 102 cm³/mol. The maximum atomic E-state index is 12.3. The zero-order chi connectivity index (χ0) is 17.4. The Bertz CT molecular complexity index is 646. The third kappa shape index (κ3) is 5.03. The summed E-state index contributed by atoms with van der Waals surface area (Å²) < 4.78 is 5.15. The van der Waals surface area contributed by atoms with Crippen LogP contribution in [0.1, 0.15) is 31.4 Å². The monoisotopic (exact) mass is 343 g/mol. The summed E-state index contributed by atoms with van der Waals surface area (Å²) in [6.45, 7) is 4.23. The summed E-state index contributed by atoms with van der Waals surface area (Å²) >= 11 is 1.68. The van der Waals surface area contributed by atoms with E-state index in [4.69, 9.17) is 4.74 Å². The molecule has 0 aliphatic rings. The van der Waals surface area contributed by atoms with Crippen LogP contribution in [0.5, 0.6) is 5.75 Å². The molecule has 2 rings (SSSR count). The summed E-state index contributed by atoms with van der Waals surface area (Å²) in [4.78, 5) is 13.4. The SMILES string of the molecule is CCc1cccc(CC)c1NC(=O)CCSc1ccc(OC)cc1. The van der Waals surface area contributed by atoms with Gasteiger partial charge in [-0.15, -0.1) is 11.8 Å². The third-order valence-electron chi connectivity index (χ3n) is 3.92. The van der Waals surface area contributed by atoms with Crippen molar-refractivity contribution in [2.75, 3.05) is 18.2 Å². The Morgan fingerprint density at radius 1 is 1.04 bits per heavy atom. The summed E-state index contributed by atoms with van der Waals surface area (Å²) in [5.74, 6) is 1.68. The van der Waals surface area contributed by atoms with Crippen LogP contribution in [0.25, 0.3) is 0 Å². The second kappa shape index (κ2) is 9.38. The second-order valence-corrected chi connectivity index (χ2v) is 6.65. The van der Waals surface area contributed by atoms with E-state index in [0.717, 1.165) is 34.9 Å². The normalized spacial score (nSPS) is 10.5. The van der Waals surface area contributed by atoms with Gasteiger partial charge >= 0.3 is 0 Å². The van der Waals surface area contributed by atoms with E-state index in [2.05, 4.69) is 37.4 Å². The Morgan fingerprint density at radius 2 is 1.67 bits per heavy atom. The molecule has 2 aromatic carbocycles. The first-order valence-electron chi connectivity index (χ1n) is 8.35. The van der Waals surface area contributed by atoms with Crippen LogP contribution in [0.3, 0.4) is 0 Å². The van der Waals surface area contributed by atoms with Crippen molar-refractivity contribution in [3.05, 3.63) is 53.6 Å². The highest BCUT2D eigenvalue weighted by Gasteiger charge is 2.10. The van der Waals surface area contributed by atoms with Gasteiger partial charge in [0, 0.05) is 22.8 Å². The molecule has 0 saturated heterocycles. The van der Waals surface area contributed by atoms with Crippen molar-refractivity contribution in [3.8, 4) is 5.75 Å². The molecule has 0 unspecified atom stereocenters. The van der Waals surface area contributed by atoms with Crippen molar-refractivity contribution < 1.29 is 9.53 Å². The van der Waals surface area contributed by atoms with E-state index < -0.39 is 0 Å². The van der Waals surface area contributed by atoms with Crippen molar-refractivity contribution in [3.63, 3.8) is 0 Å². The molecule has 0 radical (unpaired) electrons. The molecular weight excluding hydrogens is 318 g/mol. The molecule has 1 N–H and O–H groups in total. The molecule has 0 atom stereocenters. The summed E-state index contributed by atoms with van der Waals surface area (Å²) in [5.41, 5.74) is 3.40. The van der Waals surface area contributed by atoms with Gasteiger partial charge in [0.25, 0.3) is 0 Å². The zero-order valence-corrected chi connectivity index (χ0v) is 15.4. The number of benzene rings is 2. The number of amides is 1. The van der Waals surface area contributed by atoms with E-state index in [-0.39, 0.29) is 5.91 Å². The molecule has 0 spiro atoms. The Hall–Kier alpha value is -1.94. The topological polar surface area (TPSA) is 38.3 Å². The highest BCUT2D eigenvalue weighted by atomic mass is 32.2. The Morgan fingerprint density at radius 3 is 2.21 bits per heavy atom. The Kier molecular flexibility index (Phi) is 7.19. The summed E-state index contributed by atoms with van der Waals surface area (Å²) in [6.07, 6.45) is 2.34. The van der Waals surface area contributed by atoms with E-state index in [1.54, 1.807) is 18.9 Å². The number of hydrogen-bond donors (Lipinski definition) is 1. The number of aryl methyl sites for hydroxylation is 2. The minimum atomic E-state index is 0.0756. The van der Waals surface area contributed by atoms with Gasteiger partial charge < -0.3 is 10.1 Å². The van der Waals surface area contributed by atoms with Gasteiger partial charge in [-0.1, -0.05) is 32.0 Å².